The van der Waals surface area contributed by atoms with E-state index in [2.05, 4.69) is 0 Å². The molecule has 402 valence electrons. The Hall–Kier alpha value is -2.77. The van der Waals surface area contributed by atoms with E-state index >= 15 is 0 Å². The van der Waals surface area contributed by atoms with Crippen LogP contribution in [0.4, 0.5) is 0 Å². The molecule has 0 aromatic rings. The number of aliphatic hydroxyl groups is 7. The van der Waals surface area contributed by atoms with Crippen molar-refractivity contribution in [1.29, 1.82) is 0 Å². The topological polar surface area (TPSA) is 285 Å². The number of rotatable bonds is 14. The third-order valence-corrected chi connectivity index (χ3v) is 17.6. The molecule has 0 amide bonds. The van der Waals surface area contributed by atoms with Crippen molar-refractivity contribution < 1.29 is 97.5 Å². The van der Waals surface area contributed by atoms with E-state index in [9.17, 15) is 50.1 Å². The normalized spacial score (nSPS) is 48.1. The molecule has 0 aromatic carbocycles. The summed E-state index contributed by atoms with van der Waals surface area (Å²) in [6, 6.07) is 0. The lowest BCUT2D eigenvalue weighted by Crippen LogP contribution is -2.80. The van der Waals surface area contributed by atoms with Gasteiger partial charge in [-0.25, -0.2) is 9.59 Å². The Labute approximate surface area is 415 Å². The van der Waals surface area contributed by atoms with Crippen LogP contribution in [0.5, 0.6) is 0 Å². The summed E-state index contributed by atoms with van der Waals surface area (Å²) >= 11 is 0. The lowest BCUT2D eigenvalue weighted by Gasteiger charge is -2.68. The van der Waals surface area contributed by atoms with Crippen LogP contribution in [0.15, 0.2) is 34.9 Å². The molecule has 0 aromatic heterocycles. The second-order valence-corrected chi connectivity index (χ2v) is 21.3. The Balaban J connectivity index is 1.08. The van der Waals surface area contributed by atoms with E-state index < -0.39 is 151 Å². The number of esters is 2. The first kappa shape index (κ1) is 56.0. The zero-order chi connectivity index (χ0) is 52.3. The quantitative estimate of drug-likeness (QED) is 0.0739. The smallest absolute Gasteiger partial charge is 0.333 e. The first-order valence-corrected chi connectivity index (χ1v) is 25.0. The van der Waals surface area contributed by atoms with E-state index in [-0.39, 0.29) is 43.1 Å². The van der Waals surface area contributed by atoms with Gasteiger partial charge in [0.05, 0.1) is 31.0 Å². The number of carbonyl (C=O) groups excluding carboxylic acids is 3. The summed E-state index contributed by atoms with van der Waals surface area (Å²) < 4.78 is 61.6. The van der Waals surface area contributed by atoms with E-state index in [1.54, 1.807) is 60.6 Å². The number of ether oxygens (including phenoxy) is 10. The molecule has 3 saturated heterocycles. The van der Waals surface area contributed by atoms with Crippen molar-refractivity contribution in [3.8, 4) is 0 Å². The highest BCUT2D eigenvalue weighted by atomic mass is 16.8. The van der Waals surface area contributed by atoms with Gasteiger partial charge in [0, 0.05) is 49.0 Å². The van der Waals surface area contributed by atoms with Crippen LogP contribution in [0.25, 0.3) is 0 Å². The Morgan fingerprint density at radius 3 is 1.97 bits per heavy atom. The van der Waals surface area contributed by atoms with Gasteiger partial charge in [0.25, 0.3) is 0 Å². The van der Waals surface area contributed by atoms with Crippen LogP contribution in [0.1, 0.15) is 107 Å². The molecule has 0 bridgehead atoms. The highest BCUT2D eigenvalue weighted by Crippen LogP contribution is 2.70. The number of fused-ring (bicyclic) bond motifs is 5. The van der Waals surface area contributed by atoms with Gasteiger partial charge in [0.15, 0.2) is 18.9 Å². The van der Waals surface area contributed by atoms with Gasteiger partial charge in [-0.1, -0.05) is 37.6 Å². The molecule has 6 fully saturated rings. The van der Waals surface area contributed by atoms with E-state index in [1.807, 2.05) is 13.0 Å². The van der Waals surface area contributed by atoms with Crippen LogP contribution < -0.4 is 0 Å². The van der Waals surface area contributed by atoms with Crippen molar-refractivity contribution in [1.82, 2.24) is 0 Å². The fraction of sp³-hybridized carbons (Fsp3) is 0.824. The zero-order valence-electron chi connectivity index (χ0n) is 42.8. The number of allylic oxidation sites excluding steroid dienone is 2. The predicted molar refractivity (Wildman–Crippen MR) is 247 cm³/mol. The first-order valence-electron chi connectivity index (χ1n) is 25.0. The Morgan fingerprint density at radius 2 is 1.37 bits per heavy atom. The van der Waals surface area contributed by atoms with E-state index in [0.717, 1.165) is 5.57 Å². The summed E-state index contributed by atoms with van der Waals surface area (Å²) in [6.07, 6.45) is -12.3. The van der Waals surface area contributed by atoms with Crippen molar-refractivity contribution in [3.63, 3.8) is 0 Å². The minimum Gasteiger partial charge on any atom is -0.455 e. The maximum atomic E-state index is 13.9. The number of Topliss-reactive ketones (excluding diaryl/α,β-unsaturated/α-hetero) is 1. The van der Waals surface area contributed by atoms with E-state index in [4.69, 9.17) is 47.4 Å². The van der Waals surface area contributed by atoms with Crippen LogP contribution in [0, 0.1) is 22.7 Å². The number of carbonyl (C=O) groups is 3. The lowest BCUT2D eigenvalue weighted by atomic mass is 9.42. The van der Waals surface area contributed by atoms with Crippen molar-refractivity contribution in [2.45, 2.75) is 223 Å². The molecule has 7 N–H and O–H groups in total. The third kappa shape index (κ3) is 9.53. The summed E-state index contributed by atoms with van der Waals surface area (Å²) in [7, 11) is 2.88. The number of methoxy groups -OCH3 is 2. The third-order valence-electron chi connectivity index (χ3n) is 17.6. The fourth-order valence-electron chi connectivity index (χ4n) is 13.2. The maximum Gasteiger partial charge on any atom is 0.333 e. The molecule has 3 heterocycles. The molecular formula is C51H78O20. The van der Waals surface area contributed by atoms with Crippen LogP contribution in [-0.2, 0) is 61.8 Å². The van der Waals surface area contributed by atoms with Gasteiger partial charge in [-0.3, -0.25) is 4.79 Å². The number of ketones is 1. The molecule has 71 heavy (non-hydrogen) atoms. The minimum atomic E-state index is -1.93. The molecule has 4 aliphatic carbocycles. The summed E-state index contributed by atoms with van der Waals surface area (Å²) in [5.74, 6) is -3.40. The molecular weight excluding hydrogens is 933 g/mol. The first-order chi connectivity index (χ1) is 33.4. The molecule has 3 aliphatic heterocycles. The molecule has 3 saturated carbocycles. The average Bonchev–Trinajstić information content (AvgIpc) is 3.63. The van der Waals surface area contributed by atoms with Gasteiger partial charge < -0.3 is 83.1 Å². The van der Waals surface area contributed by atoms with Crippen LogP contribution in [0.3, 0.4) is 0 Å². The SMILES string of the molecule is C/C=C(\C)C(=O)O[C@@H]1[C@@H](OC(=O)/C(C)=C/C)[C@]2(C)[C@@H](C(C)=O)CC[C@]2(O)[C@]2(O)CC=C3C[C@@H](O[C@H]4C[C@@H](OC)[C@H](O[C@@H]5O[C@H](C)[C@@H](O[C@@H]6O[C@H](CO)[C@@H](O)[C@H](O)[C@H]6O)[C@@H](OC)[C@H]5O)[C@@H](C)O4)CC[C@]3(C)[C@@H]12. The minimum absolute atomic E-state index is 0.0305. The lowest BCUT2D eigenvalue weighted by molar-refractivity contribution is -0.371. The highest BCUT2D eigenvalue weighted by molar-refractivity contribution is 5.89. The Morgan fingerprint density at radius 1 is 0.746 bits per heavy atom. The monoisotopic (exact) mass is 1010 g/mol. The second kappa shape index (κ2) is 21.5. The van der Waals surface area contributed by atoms with Gasteiger partial charge in [-0.05, 0) is 92.4 Å². The Bertz CT molecular complexity index is 2040. The highest BCUT2D eigenvalue weighted by Gasteiger charge is 2.81. The molecule has 23 atom stereocenters. The number of hydrogen-bond donors (Lipinski definition) is 7. The standard InChI is InChI=1S/C51H78O20/c1-12-23(3)44(58)68-41-42-48(8)17-15-29(20-28(48)14-18-50(42,60)51(61)19-16-30(25(5)53)49(51,9)43(41)71-45(59)24(4)13-2)66-33-21-31(62-10)38(26(6)64-33)69-47-37(57)40(63-11)39(27(7)65-47)70-46-36(56)35(55)34(54)32(22-52)67-46/h12-14,26-27,29-43,46-47,52,54-57,60-61H,15-22H2,1-11H3/b23-12+,24-13+/t26-,27-,29+,30-,31-,32-,33+,34-,35+,36-,37-,38-,39-,40+,41+,42-,43-,46+,47+,48+,49+,50+,51-/m1/s1. The van der Waals surface area contributed by atoms with Gasteiger partial charge >= 0.3 is 11.9 Å². The summed E-state index contributed by atoms with van der Waals surface area (Å²) in [5, 5.41) is 78.8. The predicted octanol–water partition coefficient (Wildman–Crippen LogP) is 1.59. The van der Waals surface area contributed by atoms with Crippen molar-refractivity contribution in [2.24, 2.45) is 22.7 Å². The van der Waals surface area contributed by atoms with Crippen LogP contribution in [-0.4, -0.2) is 190 Å². The van der Waals surface area contributed by atoms with Crippen LogP contribution in [0.2, 0.25) is 0 Å². The van der Waals surface area contributed by atoms with Crippen molar-refractivity contribution in [2.75, 3.05) is 20.8 Å². The van der Waals surface area contributed by atoms with E-state index in [1.165, 1.54) is 21.1 Å². The molecule has 7 rings (SSSR count). The van der Waals surface area contributed by atoms with E-state index in [0.29, 0.717) is 24.8 Å². The maximum absolute atomic E-state index is 13.9. The number of aliphatic hydroxyl groups excluding tert-OH is 5. The molecule has 20 nitrogen and oxygen atoms in total. The van der Waals surface area contributed by atoms with Gasteiger partial charge in [-0.2, -0.15) is 0 Å². The van der Waals surface area contributed by atoms with Crippen molar-refractivity contribution in [3.05, 3.63) is 34.9 Å². The van der Waals surface area contributed by atoms with Crippen molar-refractivity contribution >= 4 is 17.7 Å². The molecule has 0 spiro atoms. The second-order valence-electron chi connectivity index (χ2n) is 21.3. The summed E-state index contributed by atoms with van der Waals surface area (Å²) in [6.45, 7) is 14.4. The van der Waals surface area contributed by atoms with Gasteiger partial charge in [0.2, 0.25) is 0 Å². The fourth-order valence-corrected chi connectivity index (χ4v) is 13.2. The molecule has 7 aliphatic rings. The number of hydrogen-bond acceptors (Lipinski definition) is 20. The average molecular weight is 1010 g/mol. The Kier molecular flexibility index (Phi) is 16.9. The molecule has 20 heteroatoms. The van der Waals surface area contributed by atoms with Crippen LogP contribution >= 0.6 is 0 Å². The van der Waals surface area contributed by atoms with Gasteiger partial charge in [-0.15, -0.1) is 0 Å². The molecule has 0 radical (unpaired) electrons. The summed E-state index contributed by atoms with van der Waals surface area (Å²) in [4.78, 5) is 41.1. The van der Waals surface area contributed by atoms with Gasteiger partial charge in [0.1, 0.15) is 78.0 Å². The molecule has 0 unspecified atom stereocenters. The summed E-state index contributed by atoms with van der Waals surface area (Å²) in [5.41, 5.74) is -4.82. The largest absolute Gasteiger partial charge is 0.455 e. The zero-order valence-corrected chi connectivity index (χ0v) is 42.8.